The Balaban J connectivity index is 1.39. The zero-order chi connectivity index (χ0) is 20.5. The average molecular weight is 402 g/mol. The quantitative estimate of drug-likeness (QED) is 0.670. The molecule has 1 heterocycles. The van der Waals surface area contributed by atoms with Crippen LogP contribution in [0, 0.1) is 17.8 Å². The summed E-state index contributed by atoms with van der Waals surface area (Å²) in [5.41, 5.74) is 1.59. The van der Waals surface area contributed by atoms with Crippen molar-refractivity contribution in [3.05, 3.63) is 76.3 Å². The standard InChI is InChI=1S/C25H27N3O2/c29-24(14-20-13-18-10-11-19(20)12-18)28(15-17-6-2-1-3-7-17)16-23-26-22-9-5-4-8-21(22)25(30)27-23/h1-9,18-20H,10-16H2,(H,26,27,30)/t18-,19-,20-/m0/s1. The maximum Gasteiger partial charge on any atom is 0.258 e. The SMILES string of the molecule is O=C(C[C@@H]1C[C@H]2CC[C@H]1C2)N(Cc1ccccc1)Cc1nc2ccccc2c(=O)[nH]1. The number of carbonyl (C=O) groups excluding carboxylic acids is 1. The van der Waals surface area contributed by atoms with Gasteiger partial charge in [0.15, 0.2) is 0 Å². The number of aromatic amines is 1. The summed E-state index contributed by atoms with van der Waals surface area (Å²) in [5.74, 6) is 2.76. The predicted molar refractivity (Wildman–Crippen MR) is 117 cm³/mol. The number of amides is 1. The summed E-state index contributed by atoms with van der Waals surface area (Å²) in [6.07, 6.45) is 5.72. The van der Waals surface area contributed by atoms with E-state index in [-0.39, 0.29) is 11.5 Å². The number of para-hydroxylation sites is 1. The van der Waals surface area contributed by atoms with Crippen LogP contribution >= 0.6 is 0 Å². The van der Waals surface area contributed by atoms with Crippen molar-refractivity contribution >= 4 is 16.8 Å². The molecule has 3 atom stereocenters. The Morgan fingerprint density at radius 2 is 1.80 bits per heavy atom. The Hall–Kier alpha value is -2.95. The first-order chi connectivity index (χ1) is 14.7. The molecule has 0 saturated heterocycles. The first-order valence-electron chi connectivity index (χ1n) is 11.0. The number of hydrogen-bond donors (Lipinski definition) is 1. The van der Waals surface area contributed by atoms with Gasteiger partial charge >= 0.3 is 0 Å². The van der Waals surface area contributed by atoms with Crippen LogP contribution < -0.4 is 5.56 Å². The summed E-state index contributed by atoms with van der Waals surface area (Å²) >= 11 is 0. The van der Waals surface area contributed by atoms with Crippen LogP contribution in [0.3, 0.4) is 0 Å². The van der Waals surface area contributed by atoms with Gasteiger partial charge in [-0.2, -0.15) is 0 Å². The summed E-state index contributed by atoms with van der Waals surface area (Å²) in [6.45, 7) is 0.839. The molecule has 2 bridgehead atoms. The zero-order valence-corrected chi connectivity index (χ0v) is 17.1. The number of benzene rings is 2. The number of nitrogens with one attached hydrogen (secondary N) is 1. The topological polar surface area (TPSA) is 66.1 Å². The molecule has 3 aromatic rings. The summed E-state index contributed by atoms with van der Waals surface area (Å²) in [5, 5.41) is 0.573. The number of H-pyrrole nitrogens is 1. The third kappa shape index (κ3) is 3.89. The number of nitrogens with zero attached hydrogens (tertiary/aromatic N) is 2. The maximum atomic E-state index is 13.3. The Bertz CT molecular complexity index is 1110. The zero-order valence-electron chi connectivity index (χ0n) is 17.1. The molecule has 2 saturated carbocycles. The van der Waals surface area contributed by atoms with Crippen LogP contribution in [-0.4, -0.2) is 20.8 Å². The Morgan fingerprint density at radius 1 is 1.00 bits per heavy atom. The van der Waals surface area contributed by atoms with Crippen molar-refractivity contribution in [1.29, 1.82) is 0 Å². The highest BCUT2D eigenvalue weighted by atomic mass is 16.2. The molecular formula is C25H27N3O2. The number of carbonyl (C=O) groups is 1. The van der Waals surface area contributed by atoms with Gasteiger partial charge in [-0.25, -0.2) is 4.98 Å². The molecule has 154 valence electrons. The minimum absolute atomic E-state index is 0.157. The van der Waals surface area contributed by atoms with E-state index in [4.69, 9.17) is 0 Å². The van der Waals surface area contributed by atoms with Gasteiger partial charge in [0, 0.05) is 13.0 Å². The number of hydrogen-bond acceptors (Lipinski definition) is 3. The number of fused-ring (bicyclic) bond motifs is 3. The van der Waals surface area contributed by atoms with Gasteiger partial charge in [0.25, 0.3) is 5.56 Å². The van der Waals surface area contributed by atoms with Crippen molar-refractivity contribution in [3.63, 3.8) is 0 Å². The van der Waals surface area contributed by atoms with Crippen LogP contribution in [0.2, 0.25) is 0 Å². The molecule has 2 aromatic carbocycles. The van der Waals surface area contributed by atoms with Gasteiger partial charge in [-0.3, -0.25) is 9.59 Å². The molecular weight excluding hydrogens is 374 g/mol. The van der Waals surface area contributed by atoms with Gasteiger partial charge in [0.2, 0.25) is 5.91 Å². The van der Waals surface area contributed by atoms with Crippen molar-refractivity contribution in [2.75, 3.05) is 0 Å². The molecule has 1 amide bonds. The molecule has 2 aliphatic rings. The molecule has 1 N–H and O–H groups in total. The first-order valence-corrected chi connectivity index (χ1v) is 11.0. The van der Waals surface area contributed by atoms with E-state index in [1.807, 2.05) is 53.4 Å². The molecule has 5 heteroatoms. The third-order valence-corrected chi connectivity index (χ3v) is 6.89. The van der Waals surface area contributed by atoms with E-state index in [9.17, 15) is 9.59 Å². The second-order valence-electron chi connectivity index (χ2n) is 8.90. The highest BCUT2D eigenvalue weighted by Gasteiger charge is 2.40. The average Bonchev–Trinajstić information content (AvgIpc) is 3.37. The maximum absolute atomic E-state index is 13.3. The smallest absolute Gasteiger partial charge is 0.258 e. The van der Waals surface area contributed by atoms with Crippen LogP contribution in [0.25, 0.3) is 10.9 Å². The molecule has 0 spiro atoms. The molecule has 2 fully saturated rings. The first kappa shape index (κ1) is 19.0. The van der Waals surface area contributed by atoms with E-state index in [1.54, 1.807) is 6.07 Å². The van der Waals surface area contributed by atoms with Gasteiger partial charge in [0.05, 0.1) is 17.4 Å². The molecule has 0 unspecified atom stereocenters. The van der Waals surface area contributed by atoms with E-state index < -0.39 is 0 Å². The fourth-order valence-electron chi connectivity index (χ4n) is 5.41. The lowest BCUT2D eigenvalue weighted by molar-refractivity contribution is -0.134. The van der Waals surface area contributed by atoms with Crippen LogP contribution in [0.15, 0.2) is 59.4 Å². The summed E-state index contributed by atoms with van der Waals surface area (Å²) < 4.78 is 0. The molecule has 30 heavy (non-hydrogen) atoms. The Morgan fingerprint density at radius 3 is 2.57 bits per heavy atom. The van der Waals surface area contributed by atoms with Gasteiger partial charge in [-0.1, -0.05) is 48.9 Å². The minimum atomic E-state index is -0.157. The van der Waals surface area contributed by atoms with Crippen molar-refractivity contribution < 1.29 is 4.79 Å². The Kier molecular flexibility index (Phi) is 5.11. The summed E-state index contributed by atoms with van der Waals surface area (Å²) in [4.78, 5) is 35.2. The van der Waals surface area contributed by atoms with Gasteiger partial charge in [-0.15, -0.1) is 0 Å². The van der Waals surface area contributed by atoms with Crippen LogP contribution in [-0.2, 0) is 17.9 Å². The molecule has 1 aromatic heterocycles. The van der Waals surface area contributed by atoms with E-state index >= 15 is 0 Å². The predicted octanol–water partition coefficient (Wildman–Crippen LogP) is 4.28. The monoisotopic (exact) mass is 401 g/mol. The third-order valence-electron chi connectivity index (χ3n) is 6.89. The lowest BCUT2D eigenvalue weighted by Crippen LogP contribution is -2.33. The largest absolute Gasteiger partial charge is 0.331 e. The van der Waals surface area contributed by atoms with Gasteiger partial charge in [0.1, 0.15) is 5.82 Å². The summed E-state index contributed by atoms with van der Waals surface area (Å²) in [6, 6.07) is 17.4. The van der Waals surface area contributed by atoms with E-state index in [1.165, 1.54) is 25.7 Å². The Labute approximate surface area is 176 Å². The fraction of sp³-hybridized carbons (Fsp3) is 0.400. The van der Waals surface area contributed by atoms with Crippen LogP contribution in [0.4, 0.5) is 0 Å². The fourth-order valence-corrected chi connectivity index (χ4v) is 5.41. The molecule has 5 rings (SSSR count). The second-order valence-corrected chi connectivity index (χ2v) is 8.90. The van der Waals surface area contributed by atoms with Crippen LogP contribution in [0.1, 0.15) is 43.5 Å². The minimum Gasteiger partial charge on any atom is -0.331 e. The van der Waals surface area contributed by atoms with Crippen molar-refractivity contribution in [1.82, 2.24) is 14.9 Å². The van der Waals surface area contributed by atoms with Gasteiger partial charge in [-0.05, 0) is 54.7 Å². The normalized spacial score (nSPS) is 22.5. The van der Waals surface area contributed by atoms with Crippen LogP contribution in [0.5, 0.6) is 0 Å². The van der Waals surface area contributed by atoms with E-state index in [0.717, 1.165) is 17.4 Å². The lowest BCUT2D eigenvalue weighted by atomic mass is 9.86. The van der Waals surface area contributed by atoms with Crippen molar-refractivity contribution in [2.24, 2.45) is 17.8 Å². The van der Waals surface area contributed by atoms with Crippen molar-refractivity contribution in [2.45, 2.75) is 45.2 Å². The lowest BCUT2D eigenvalue weighted by Gasteiger charge is -2.27. The second kappa shape index (κ2) is 8.05. The molecule has 0 aliphatic heterocycles. The van der Waals surface area contributed by atoms with E-state index in [0.29, 0.717) is 42.2 Å². The molecule has 5 nitrogen and oxygen atoms in total. The van der Waals surface area contributed by atoms with Crippen molar-refractivity contribution in [3.8, 4) is 0 Å². The number of aromatic nitrogens is 2. The highest BCUT2D eigenvalue weighted by molar-refractivity contribution is 5.78. The van der Waals surface area contributed by atoms with Gasteiger partial charge < -0.3 is 9.88 Å². The molecule has 0 radical (unpaired) electrons. The number of rotatable bonds is 6. The highest BCUT2D eigenvalue weighted by Crippen LogP contribution is 2.49. The van der Waals surface area contributed by atoms with E-state index in [2.05, 4.69) is 9.97 Å². The summed E-state index contributed by atoms with van der Waals surface area (Å²) in [7, 11) is 0. The molecule has 2 aliphatic carbocycles.